The van der Waals surface area contributed by atoms with Crippen LogP contribution in [0.25, 0.3) is 17.1 Å². The summed E-state index contributed by atoms with van der Waals surface area (Å²) in [6.07, 6.45) is 4.16. The molecule has 3 heteroatoms. The summed E-state index contributed by atoms with van der Waals surface area (Å²) in [7, 11) is 1.86. The van der Waals surface area contributed by atoms with Crippen molar-refractivity contribution in [2.24, 2.45) is 7.05 Å². The third-order valence-electron chi connectivity index (χ3n) is 3.19. The normalized spacial score (nSPS) is 11.8. The molecule has 1 aromatic heterocycles. The Labute approximate surface area is 95.8 Å². The molecule has 0 atom stereocenters. The van der Waals surface area contributed by atoms with Gasteiger partial charge in [0.05, 0.1) is 0 Å². The summed E-state index contributed by atoms with van der Waals surface area (Å²) in [5.41, 5.74) is 7.03. The van der Waals surface area contributed by atoms with Crippen LogP contribution in [-0.4, -0.2) is 15.0 Å². The molecular formula is C13H17N3. The Morgan fingerprint density at radius 2 is 1.56 bits per heavy atom. The zero-order valence-corrected chi connectivity index (χ0v) is 10.5. The molecule has 3 nitrogen and oxygen atoms in total. The summed E-state index contributed by atoms with van der Waals surface area (Å²) in [6.45, 7) is 8.42. The minimum Gasteiger partial charge on any atom is -0.187 e. The van der Waals surface area contributed by atoms with E-state index in [2.05, 4.69) is 37.0 Å². The van der Waals surface area contributed by atoms with Gasteiger partial charge in [-0.25, -0.2) is 0 Å². The number of fused-ring (bicyclic) bond motifs is 1. The Morgan fingerprint density at radius 1 is 0.938 bits per heavy atom. The van der Waals surface area contributed by atoms with Crippen molar-refractivity contribution in [1.82, 2.24) is 15.0 Å². The molecule has 2 rings (SSSR count). The molecule has 0 saturated carbocycles. The third-order valence-corrected chi connectivity index (χ3v) is 3.19. The molecule has 2 aromatic rings. The van der Waals surface area contributed by atoms with E-state index in [0.29, 0.717) is 0 Å². The van der Waals surface area contributed by atoms with Gasteiger partial charge in [0.15, 0.2) is 0 Å². The second-order valence-electron chi connectivity index (χ2n) is 4.18. The van der Waals surface area contributed by atoms with E-state index in [1.54, 1.807) is 4.80 Å². The first kappa shape index (κ1) is 10.9. The fourth-order valence-electron chi connectivity index (χ4n) is 2.05. The molecule has 1 heterocycles. The first-order valence-electron chi connectivity index (χ1n) is 5.49. The Morgan fingerprint density at radius 3 is 2.19 bits per heavy atom. The van der Waals surface area contributed by atoms with Crippen LogP contribution in [0, 0.1) is 20.8 Å². The summed E-state index contributed by atoms with van der Waals surface area (Å²) in [6, 6.07) is 0. The molecule has 0 spiro atoms. The van der Waals surface area contributed by atoms with Crippen LogP contribution in [-0.2, 0) is 7.05 Å². The van der Waals surface area contributed by atoms with Crippen molar-refractivity contribution in [3.8, 4) is 0 Å². The zero-order chi connectivity index (χ0) is 11.9. The highest BCUT2D eigenvalue weighted by atomic mass is 15.4. The Kier molecular flexibility index (Phi) is 2.54. The van der Waals surface area contributed by atoms with Crippen molar-refractivity contribution in [1.29, 1.82) is 0 Å². The van der Waals surface area contributed by atoms with E-state index in [-0.39, 0.29) is 0 Å². The van der Waals surface area contributed by atoms with Gasteiger partial charge in [0.1, 0.15) is 11.0 Å². The van der Waals surface area contributed by atoms with Crippen LogP contribution in [0.5, 0.6) is 0 Å². The predicted molar refractivity (Wildman–Crippen MR) is 67.4 cm³/mol. The summed E-state index contributed by atoms with van der Waals surface area (Å²) in [5, 5.41) is 8.88. The molecule has 0 fully saturated rings. The van der Waals surface area contributed by atoms with Gasteiger partial charge in [0, 0.05) is 12.6 Å². The summed E-state index contributed by atoms with van der Waals surface area (Å²) < 4.78 is 0. The molecule has 0 saturated heterocycles. The van der Waals surface area contributed by atoms with Gasteiger partial charge in [-0.2, -0.15) is 15.0 Å². The van der Waals surface area contributed by atoms with Gasteiger partial charge >= 0.3 is 0 Å². The van der Waals surface area contributed by atoms with E-state index in [0.717, 1.165) is 11.0 Å². The summed E-state index contributed by atoms with van der Waals surface area (Å²) in [5.74, 6) is 0. The summed E-state index contributed by atoms with van der Waals surface area (Å²) >= 11 is 0. The van der Waals surface area contributed by atoms with Crippen molar-refractivity contribution in [3.05, 3.63) is 28.3 Å². The number of aromatic nitrogens is 3. The van der Waals surface area contributed by atoms with E-state index in [9.17, 15) is 0 Å². The van der Waals surface area contributed by atoms with Crippen molar-refractivity contribution >= 4 is 17.1 Å². The second-order valence-corrected chi connectivity index (χ2v) is 4.18. The minimum absolute atomic E-state index is 1.00. The van der Waals surface area contributed by atoms with Crippen LogP contribution < -0.4 is 0 Å². The number of hydrogen-bond donors (Lipinski definition) is 0. The molecule has 0 radical (unpaired) electrons. The number of allylic oxidation sites excluding steroid dienone is 1. The fourth-order valence-corrected chi connectivity index (χ4v) is 2.05. The second kappa shape index (κ2) is 3.74. The van der Waals surface area contributed by atoms with Crippen LogP contribution in [0.15, 0.2) is 6.08 Å². The molecule has 1 aromatic carbocycles. The van der Waals surface area contributed by atoms with Crippen LogP contribution >= 0.6 is 0 Å². The quantitative estimate of drug-likeness (QED) is 0.732. The van der Waals surface area contributed by atoms with Gasteiger partial charge in [0.25, 0.3) is 0 Å². The van der Waals surface area contributed by atoms with Gasteiger partial charge in [0.2, 0.25) is 0 Å². The van der Waals surface area contributed by atoms with Crippen molar-refractivity contribution in [3.63, 3.8) is 0 Å². The van der Waals surface area contributed by atoms with Crippen LogP contribution in [0.1, 0.15) is 29.2 Å². The van der Waals surface area contributed by atoms with Gasteiger partial charge in [-0.1, -0.05) is 12.2 Å². The van der Waals surface area contributed by atoms with E-state index in [1.807, 2.05) is 20.0 Å². The molecule has 0 aliphatic carbocycles. The monoisotopic (exact) mass is 215 g/mol. The molecule has 0 aliphatic rings. The van der Waals surface area contributed by atoms with E-state index in [4.69, 9.17) is 0 Å². The van der Waals surface area contributed by atoms with E-state index >= 15 is 0 Å². The smallest absolute Gasteiger partial charge is 0.120 e. The highest BCUT2D eigenvalue weighted by Crippen LogP contribution is 2.27. The SMILES string of the molecule is C/C=C/c1c(C)c(C)c(C)c2nn(C)nc12. The van der Waals surface area contributed by atoms with E-state index in [1.165, 1.54) is 22.3 Å². The average molecular weight is 215 g/mol. The standard InChI is InChI=1S/C13H17N3/c1-6-7-11-9(3)8(2)10(4)12-13(11)15-16(5)14-12/h6-7H,1-5H3/b7-6+. The number of aryl methyl sites for hydroxylation is 2. The van der Waals surface area contributed by atoms with Gasteiger partial charge in [-0.05, 0) is 44.4 Å². The van der Waals surface area contributed by atoms with Crippen molar-refractivity contribution in [2.75, 3.05) is 0 Å². The van der Waals surface area contributed by atoms with Crippen molar-refractivity contribution in [2.45, 2.75) is 27.7 Å². The molecule has 0 aliphatic heterocycles. The highest BCUT2D eigenvalue weighted by Gasteiger charge is 2.13. The van der Waals surface area contributed by atoms with Crippen molar-refractivity contribution < 1.29 is 0 Å². The molecule has 0 amide bonds. The minimum atomic E-state index is 1.00. The largest absolute Gasteiger partial charge is 0.187 e. The zero-order valence-electron chi connectivity index (χ0n) is 10.5. The lowest BCUT2D eigenvalue weighted by Gasteiger charge is -2.08. The molecule has 0 unspecified atom stereocenters. The fraction of sp³-hybridized carbons (Fsp3) is 0.385. The maximum atomic E-state index is 4.45. The van der Waals surface area contributed by atoms with Crippen LogP contribution in [0.3, 0.4) is 0 Å². The molecule has 0 N–H and O–H groups in total. The lowest BCUT2D eigenvalue weighted by molar-refractivity contribution is 0.665. The van der Waals surface area contributed by atoms with Gasteiger partial charge in [-0.3, -0.25) is 0 Å². The molecule has 0 bridgehead atoms. The number of hydrogen-bond acceptors (Lipinski definition) is 2. The number of rotatable bonds is 1. The van der Waals surface area contributed by atoms with Crippen LogP contribution in [0.2, 0.25) is 0 Å². The number of benzene rings is 1. The van der Waals surface area contributed by atoms with Crippen LogP contribution in [0.4, 0.5) is 0 Å². The van der Waals surface area contributed by atoms with Gasteiger partial charge < -0.3 is 0 Å². The Bertz CT molecular complexity index is 577. The first-order chi connectivity index (χ1) is 7.56. The highest BCUT2D eigenvalue weighted by molar-refractivity contribution is 5.89. The molecule has 16 heavy (non-hydrogen) atoms. The Balaban J connectivity index is 2.96. The lowest BCUT2D eigenvalue weighted by Crippen LogP contribution is -1.93. The van der Waals surface area contributed by atoms with E-state index < -0.39 is 0 Å². The summed E-state index contributed by atoms with van der Waals surface area (Å²) in [4.78, 5) is 1.64. The molecular weight excluding hydrogens is 198 g/mol. The first-order valence-corrected chi connectivity index (χ1v) is 5.49. The Hall–Kier alpha value is -1.64. The lowest BCUT2D eigenvalue weighted by atomic mass is 9.96. The molecule has 84 valence electrons. The third kappa shape index (κ3) is 1.43. The predicted octanol–water partition coefficient (Wildman–Crippen LogP) is 2.93. The maximum Gasteiger partial charge on any atom is 0.120 e. The average Bonchev–Trinajstić information content (AvgIpc) is 2.63. The van der Waals surface area contributed by atoms with Gasteiger partial charge in [-0.15, -0.1) is 0 Å². The topological polar surface area (TPSA) is 30.7 Å². The number of nitrogens with zero attached hydrogens (tertiary/aromatic N) is 3. The maximum absolute atomic E-state index is 4.45.